The third-order valence-corrected chi connectivity index (χ3v) is 4.39. The molecule has 2 N–H and O–H groups in total. The van der Waals surface area contributed by atoms with Gasteiger partial charge in [-0.2, -0.15) is 0 Å². The fourth-order valence-corrected chi connectivity index (χ4v) is 3.38. The van der Waals surface area contributed by atoms with Crippen molar-refractivity contribution in [3.63, 3.8) is 0 Å². The number of ether oxygens (including phenoxy) is 1. The Morgan fingerprint density at radius 1 is 1.67 bits per heavy atom. The summed E-state index contributed by atoms with van der Waals surface area (Å²) in [5.41, 5.74) is -0.128. The zero-order valence-electron chi connectivity index (χ0n) is 10.8. The monoisotopic (exact) mass is 272 g/mol. The maximum Gasteiger partial charge on any atom is 0.343 e. The number of rotatable bonds is 5. The molecule has 0 spiro atoms. The Morgan fingerprint density at radius 2 is 2.50 bits per heavy atom. The second-order valence-electron chi connectivity index (χ2n) is 4.38. The highest BCUT2D eigenvalue weighted by Crippen LogP contribution is 2.26. The normalized spacial score (nSPS) is 24.3. The van der Waals surface area contributed by atoms with E-state index in [-0.39, 0.29) is 5.69 Å². The van der Waals surface area contributed by atoms with Crippen LogP contribution in [0.1, 0.15) is 19.8 Å². The Bertz CT molecular complexity index is 431. The molecule has 2 heterocycles. The van der Waals surface area contributed by atoms with Gasteiger partial charge in [-0.15, -0.1) is 5.10 Å². The topological polar surface area (TPSA) is 71.9 Å². The van der Waals surface area contributed by atoms with E-state index in [4.69, 9.17) is 4.74 Å². The first-order valence-corrected chi connectivity index (χ1v) is 7.21. The second kappa shape index (κ2) is 6.40. The standard InChI is InChI=1S/C11H20N4O2S/c1-3-5-15-10(16)13-14-11(15)18-9-7-17-6-4-8(9)12-2/h8-9,12H,3-7H2,1-2H3,(H,13,16). The molecule has 2 atom stereocenters. The molecule has 7 heteroatoms. The van der Waals surface area contributed by atoms with Crippen LogP contribution < -0.4 is 11.0 Å². The largest absolute Gasteiger partial charge is 0.380 e. The number of thioether (sulfide) groups is 1. The molecule has 1 aliphatic heterocycles. The molecule has 0 amide bonds. The minimum atomic E-state index is -0.128. The summed E-state index contributed by atoms with van der Waals surface area (Å²) in [4.78, 5) is 11.6. The zero-order valence-corrected chi connectivity index (χ0v) is 11.6. The van der Waals surface area contributed by atoms with Gasteiger partial charge in [0.1, 0.15) is 0 Å². The van der Waals surface area contributed by atoms with Crippen LogP contribution in [0.2, 0.25) is 0 Å². The van der Waals surface area contributed by atoms with Crippen LogP contribution in [-0.4, -0.2) is 46.3 Å². The predicted octanol–water partition coefficient (Wildman–Crippen LogP) is 0.450. The van der Waals surface area contributed by atoms with Gasteiger partial charge in [-0.25, -0.2) is 9.89 Å². The summed E-state index contributed by atoms with van der Waals surface area (Å²) in [5.74, 6) is 0. The van der Waals surface area contributed by atoms with Crippen molar-refractivity contribution in [1.29, 1.82) is 0 Å². The van der Waals surface area contributed by atoms with Crippen molar-refractivity contribution in [1.82, 2.24) is 20.1 Å². The van der Waals surface area contributed by atoms with Gasteiger partial charge in [0.15, 0.2) is 5.16 Å². The molecule has 6 nitrogen and oxygen atoms in total. The van der Waals surface area contributed by atoms with Gasteiger partial charge in [-0.05, 0) is 19.9 Å². The van der Waals surface area contributed by atoms with E-state index in [0.29, 0.717) is 24.4 Å². The fourth-order valence-electron chi connectivity index (χ4n) is 2.11. The van der Waals surface area contributed by atoms with Crippen molar-refractivity contribution < 1.29 is 4.74 Å². The lowest BCUT2D eigenvalue weighted by Crippen LogP contribution is -2.43. The molecule has 2 rings (SSSR count). The van der Waals surface area contributed by atoms with Gasteiger partial charge < -0.3 is 10.1 Å². The maximum absolute atomic E-state index is 11.6. The first kappa shape index (κ1) is 13.6. The van der Waals surface area contributed by atoms with E-state index in [1.807, 2.05) is 14.0 Å². The summed E-state index contributed by atoms with van der Waals surface area (Å²) < 4.78 is 7.21. The number of nitrogens with one attached hydrogen (secondary N) is 2. The van der Waals surface area contributed by atoms with Gasteiger partial charge in [0.05, 0.1) is 11.9 Å². The Morgan fingerprint density at radius 3 is 3.22 bits per heavy atom. The first-order chi connectivity index (χ1) is 8.76. The smallest absolute Gasteiger partial charge is 0.343 e. The van der Waals surface area contributed by atoms with Gasteiger partial charge in [-0.3, -0.25) is 4.57 Å². The molecule has 1 aliphatic rings. The van der Waals surface area contributed by atoms with E-state index in [1.165, 1.54) is 0 Å². The van der Waals surface area contributed by atoms with Crippen LogP contribution in [0.15, 0.2) is 9.95 Å². The highest BCUT2D eigenvalue weighted by atomic mass is 32.2. The molecule has 1 fully saturated rings. The van der Waals surface area contributed by atoms with Crippen molar-refractivity contribution in [2.45, 2.75) is 42.8 Å². The van der Waals surface area contributed by atoms with Crippen molar-refractivity contribution in [2.24, 2.45) is 0 Å². The van der Waals surface area contributed by atoms with E-state index < -0.39 is 0 Å². The van der Waals surface area contributed by atoms with Crippen LogP contribution in [0, 0.1) is 0 Å². The lowest BCUT2D eigenvalue weighted by molar-refractivity contribution is 0.0849. The Labute approximate surface area is 110 Å². The first-order valence-electron chi connectivity index (χ1n) is 6.33. The van der Waals surface area contributed by atoms with Crippen molar-refractivity contribution in [3.8, 4) is 0 Å². The Balaban J connectivity index is 2.10. The number of hydrogen-bond donors (Lipinski definition) is 2. The number of hydrogen-bond acceptors (Lipinski definition) is 5. The maximum atomic E-state index is 11.6. The van der Waals surface area contributed by atoms with Gasteiger partial charge in [0.2, 0.25) is 0 Å². The Hall–Kier alpha value is -0.790. The number of H-pyrrole nitrogens is 1. The summed E-state index contributed by atoms with van der Waals surface area (Å²) in [6, 6.07) is 0.408. The van der Waals surface area contributed by atoms with E-state index in [1.54, 1.807) is 16.3 Å². The van der Waals surface area contributed by atoms with Crippen LogP contribution in [0.3, 0.4) is 0 Å². The molecule has 18 heavy (non-hydrogen) atoms. The molecule has 0 bridgehead atoms. The molecular weight excluding hydrogens is 252 g/mol. The summed E-state index contributed by atoms with van der Waals surface area (Å²) in [7, 11) is 1.97. The average Bonchev–Trinajstić information content (AvgIpc) is 2.73. The highest BCUT2D eigenvalue weighted by molar-refractivity contribution is 7.99. The van der Waals surface area contributed by atoms with E-state index in [9.17, 15) is 4.79 Å². The SMILES string of the molecule is CCCn1c(SC2COCCC2NC)n[nH]c1=O. The van der Waals surface area contributed by atoms with Crippen LogP contribution >= 0.6 is 11.8 Å². The number of aromatic amines is 1. The lowest BCUT2D eigenvalue weighted by Gasteiger charge is -2.30. The zero-order chi connectivity index (χ0) is 13.0. The van der Waals surface area contributed by atoms with Gasteiger partial charge in [-0.1, -0.05) is 18.7 Å². The van der Waals surface area contributed by atoms with Crippen molar-refractivity contribution >= 4 is 11.8 Å². The van der Waals surface area contributed by atoms with E-state index >= 15 is 0 Å². The lowest BCUT2D eigenvalue weighted by atomic mass is 10.1. The van der Waals surface area contributed by atoms with Crippen molar-refractivity contribution in [2.75, 3.05) is 20.3 Å². The minimum Gasteiger partial charge on any atom is -0.380 e. The van der Waals surface area contributed by atoms with Crippen LogP contribution in [-0.2, 0) is 11.3 Å². The highest BCUT2D eigenvalue weighted by Gasteiger charge is 2.27. The molecular formula is C11H20N4O2S. The molecule has 102 valence electrons. The quantitative estimate of drug-likeness (QED) is 0.814. The molecule has 1 aromatic heterocycles. The molecule has 0 saturated carbocycles. The molecule has 1 aromatic rings. The predicted molar refractivity (Wildman–Crippen MR) is 71.1 cm³/mol. The van der Waals surface area contributed by atoms with Crippen LogP contribution in [0.4, 0.5) is 0 Å². The number of aromatic nitrogens is 3. The van der Waals surface area contributed by atoms with Crippen molar-refractivity contribution in [3.05, 3.63) is 10.5 Å². The number of nitrogens with zero attached hydrogens (tertiary/aromatic N) is 2. The van der Waals surface area contributed by atoms with E-state index in [2.05, 4.69) is 15.5 Å². The molecule has 0 radical (unpaired) electrons. The molecule has 2 unspecified atom stereocenters. The van der Waals surface area contributed by atoms with Gasteiger partial charge in [0, 0.05) is 19.2 Å². The Kier molecular flexibility index (Phi) is 4.85. The van der Waals surface area contributed by atoms with Gasteiger partial charge >= 0.3 is 5.69 Å². The summed E-state index contributed by atoms with van der Waals surface area (Å²) in [5, 5.41) is 11.0. The average molecular weight is 272 g/mol. The molecule has 1 saturated heterocycles. The van der Waals surface area contributed by atoms with Crippen LogP contribution in [0.5, 0.6) is 0 Å². The minimum absolute atomic E-state index is 0.128. The van der Waals surface area contributed by atoms with E-state index in [0.717, 1.165) is 24.6 Å². The fraction of sp³-hybridized carbons (Fsp3) is 0.818. The summed E-state index contributed by atoms with van der Waals surface area (Å²) >= 11 is 1.62. The second-order valence-corrected chi connectivity index (χ2v) is 5.58. The third-order valence-electron chi connectivity index (χ3n) is 3.10. The third kappa shape index (κ3) is 2.96. The molecule has 0 aromatic carbocycles. The summed E-state index contributed by atoms with van der Waals surface area (Å²) in [6.45, 7) is 4.25. The van der Waals surface area contributed by atoms with Gasteiger partial charge in [0.25, 0.3) is 0 Å². The molecule has 0 aliphatic carbocycles. The summed E-state index contributed by atoms with van der Waals surface area (Å²) in [6.07, 6.45) is 1.92. The van der Waals surface area contributed by atoms with Crippen LogP contribution in [0.25, 0.3) is 0 Å².